The lowest BCUT2D eigenvalue weighted by Gasteiger charge is -2.33. The van der Waals surface area contributed by atoms with Crippen LogP contribution in [0.2, 0.25) is 0 Å². The predicted molar refractivity (Wildman–Crippen MR) is 84.7 cm³/mol. The highest BCUT2D eigenvalue weighted by atomic mass is 32.1. The first kappa shape index (κ1) is 14.3. The number of hydrogen-bond acceptors (Lipinski definition) is 3. The number of hydrogen-bond donors (Lipinski definition) is 1. The van der Waals surface area contributed by atoms with Crippen LogP contribution in [0.3, 0.4) is 0 Å². The third-order valence-electron chi connectivity index (χ3n) is 3.86. The van der Waals surface area contributed by atoms with Crippen molar-refractivity contribution in [3.8, 4) is 0 Å². The van der Waals surface area contributed by atoms with Crippen LogP contribution in [0.25, 0.3) is 0 Å². The molecule has 19 heavy (non-hydrogen) atoms. The van der Waals surface area contributed by atoms with Gasteiger partial charge < -0.3 is 10.6 Å². The molecule has 2 N–H and O–H groups in total. The van der Waals surface area contributed by atoms with Crippen LogP contribution < -0.4 is 10.6 Å². The van der Waals surface area contributed by atoms with Gasteiger partial charge >= 0.3 is 0 Å². The zero-order valence-electron chi connectivity index (χ0n) is 11.9. The number of piperidine rings is 1. The number of nitrogens with two attached hydrogens (primary N) is 1. The monoisotopic (exact) mass is 277 g/mol. The predicted octanol–water partition coefficient (Wildman–Crippen LogP) is 3.04. The number of anilines is 1. The summed E-state index contributed by atoms with van der Waals surface area (Å²) in [7, 11) is 0. The van der Waals surface area contributed by atoms with Gasteiger partial charge in [0.05, 0.1) is 0 Å². The van der Waals surface area contributed by atoms with Crippen LogP contribution in [0, 0.1) is 12.8 Å². The number of aromatic nitrogens is 1. The summed E-state index contributed by atoms with van der Waals surface area (Å²) in [6, 6.07) is 3.98. The normalized spacial score (nSPS) is 16.6. The quantitative estimate of drug-likeness (QED) is 0.859. The van der Waals surface area contributed by atoms with E-state index in [4.69, 9.17) is 18.0 Å². The Morgan fingerprint density at radius 1 is 1.42 bits per heavy atom. The second kappa shape index (κ2) is 6.33. The van der Waals surface area contributed by atoms with Crippen molar-refractivity contribution < 1.29 is 0 Å². The zero-order chi connectivity index (χ0) is 13.8. The van der Waals surface area contributed by atoms with Crippen molar-refractivity contribution in [1.82, 2.24) is 4.98 Å². The number of pyridine rings is 1. The van der Waals surface area contributed by atoms with Crippen LogP contribution in [-0.4, -0.2) is 23.1 Å². The Bertz CT molecular complexity index is 451. The molecule has 2 heterocycles. The SMILES string of the molecule is CCCC1CCN(c2cc(C(N)=S)cc(C)n2)CC1. The summed E-state index contributed by atoms with van der Waals surface area (Å²) in [4.78, 5) is 7.44. The molecule has 3 nitrogen and oxygen atoms in total. The standard InChI is InChI=1S/C15H23N3S/c1-3-4-12-5-7-18(8-6-12)14-10-13(15(16)19)9-11(2)17-14/h9-10,12H,3-8H2,1-2H3,(H2,16,19). The van der Waals surface area contributed by atoms with Gasteiger partial charge in [-0.2, -0.15) is 0 Å². The van der Waals surface area contributed by atoms with E-state index in [1.807, 2.05) is 19.1 Å². The van der Waals surface area contributed by atoms with Gasteiger partial charge in [-0.1, -0.05) is 32.0 Å². The lowest BCUT2D eigenvalue weighted by Crippen LogP contribution is -2.34. The molecule has 0 unspecified atom stereocenters. The first-order valence-electron chi connectivity index (χ1n) is 7.13. The van der Waals surface area contributed by atoms with Crippen LogP contribution in [0.1, 0.15) is 43.9 Å². The third kappa shape index (κ3) is 3.66. The molecule has 0 aliphatic carbocycles. The molecular weight excluding hydrogens is 254 g/mol. The van der Waals surface area contributed by atoms with Gasteiger partial charge in [-0.3, -0.25) is 0 Å². The van der Waals surface area contributed by atoms with Crippen molar-refractivity contribution in [3.63, 3.8) is 0 Å². The molecule has 1 fully saturated rings. The second-order valence-electron chi connectivity index (χ2n) is 5.44. The number of nitrogens with zero attached hydrogens (tertiary/aromatic N) is 2. The average Bonchev–Trinajstić information content (AvgIpc) is 2.39. The highest BCUT2D eigenvalue weighted by Gasteiger charge is 2.20. The minimum absolute atomic E-state index is 0.451. The third-order valence-corrected chi connectivity index (χ3v) is 4.10. The fourth-order valence-corrected chi connectivity index (χ4v) is 2.93. The minimum atomic E-state index is 0.451. The van der Waals surface area contributed by atoms with E-state index in [2.05, 4.69) is 16.8 Å². The summed E-state index contributed by atoms with van der Waals surface area (Å²) < 4.78 is 0. The molecule has 0 bridgehead atoms. The Labute approximate surface area is 121 Å². The van der Waals surface area contributed by atoms with Crippen LogP contribution in [-0.2, 0) is 0 Å². The van der Waals surface area contributed by atoms with Crippen molar-refractivity contribution in [1.29, 1.82) is 0 Å². The van der Waals surface area contributed by atoms with E-state index in [1.54, 1.807) is 0 Å². The van der Waals surface area contributed by atoms with Gasteiger partial charge in [0.2, 0.25) is 0 Å². The van der Waals surface area contributed by atoms with E-state index in [-0.39, 0.29) is 0 Å². The molecule has 4 heteroatoms. The first-order valence-corrected chi connectivity index (χ1v) is 7.54. The first-order chi connectivity index (χ1) is 9.10. The van der Waals surface area contributed by atoms with Gasteiger partial charge in [-0.25, -0.2) is 4.98 Å². The van der Waals surface area contributed by atoms with Gasteiger partial charge in [0.25, 0.3) is 0 Å². The van der Waals surface area contributed by atoms with Crippen molar-refractivity contribution in [2.45, 2.75) is 39.5 Å². The van der Waals surface area contributed by atoms with Gasteiger partial charge in [0.1, 0.15) is 10.8 Å². The summed E-state index contributed by atoms with van der Waals surface area (Å²) in [5.74, 6) is 1.92. The van der Waals surface area contributed by atoms with Gasteiger partial charge in [0.15, 0.2) is 0 Å². The summed E-state index contributed by atoms with van der Waals surface area (Å²) >= 11 is 5.07. The summed E-state index contributed by atoms with van der Waals surface area (Å²) in [6.45, 7) is 6.45. The van der Waals surface area contributed by atoms with E-state index >= 15 is 0 Å². The highest BCUT2D eigenvalue weighted by molar-refractivity contribution is 7.80. The minimum Gasteiger partial charge on any atom is -0.389 e. The second-order valence-corrected chi connectivity index (χ2v) is 5.88. The Kier molecular flexibility index (Phi) is 4.75. The van der Waals surface area contributed by atoms with E-state index in [9.17, 15) is 0 Å². The van der Waals surface area contributed by atoms with E-state index in [0.717, 1.165) is 36.1 Å². The van der Waals surface area contributed by atoms with Crippen LogP contribution in [0.15, 0.2) is 12.1 Å². The van der Waals surface area contributed by atoms with Crippen LogP contribution in [0.5, 0.6) is 0 Å². The molecule has 0 radical (unpaired) electrons. The van der Waals surface area contributed by atoms with Crippen molar-refractivity contribution in [2.75, 3.05) is 18.0 Å². The number of thiocarbonyl (C=S) groups is 1. The molecule has 1 aromatic rings. The van der Waals surface area contributed by atoms with Crippen molar-refractivity contribution in [2.24, 2.45) is 11.7 Å². The Morgan fingerprint density at radius 2 is 2.11 bits per heavy atom. The maximum Gasteiger partial charge on any atom is 0.129 e. The molecule has 0 atom stereocenters. The Hall–Kier alpha value is -1.16. The summed E-state index contributed by atoms with van der Waals surface area (Å²) in [6.07, 6.45) is 5.18. The molecule has 1 aliphatic heterocycles. The fraction of sp³-hybridized carbons (Fsp3) is 0.600. The lowest BCUT2D eigenvalue weighted by atomic mass is 9.92. The van der Waals surface area contributed by atoms with Crippen molar-refractivity contribution >= 4 is 23.0 Å². The smallest absolute Gasteiger partial charge is 0.129 e. The molecule has 2 rings (SSSR count). The largest absolute Gasteiger partial charge is 0.389 e. The maximum absolute atomic E-state index is 5.73. The lowest BCUT2D eigenvalue weighted by molar-refractivity contribution is 0.377. The van der Waals surface area contributed by atoms with E-state index < -0.39 is 0 Å². The molecule has 1 saturated heterocycles. The molecule has 1 aromatic heterocycles. The topological polar surface area (TPSA) is 42.1 Å². The van der Waals surface area contributed by atoms with Gasteiger partial charge in [-0.15, -0.1) is 0 Å². The number of rotatable bonds is 4. The number of aryl methyl sites for hydroxylation is 1. The Balaban J connectivity index is 2.09. The van der Waals surface area contributed by atoms with Crippen molar-refractivity contribution in [3.05, 3.63) is 23.4 Å². The van der Waals surface area contributed by atoms with Gasteiger partial charge in [0, 0.05) is 24.3 Å². The molecule has 0 aromatic carbocycles. The highest BCUT2D eigenvalue weighted by Crippen LogP contribution is 2.25. The molecule has 0 saturated carbocycles. The maximum atomic E-state index is 5.73. The van der Waals surface area contributed by atoms with E-state index in [1.165, 1.54) is 25.7 Å². The van der Waals surface area contributed by atoms with E-state index in [0.29, 0.717) is 4.99 Å². The summed E-state index contributed by atoms with van der Waals surface area (Å²) in [5, 5.41) is 0. The average molecular weight is 277 g/mol. The molecule has 0 spiro atoms. The fourth-order valence-electron chi connectivity index (χ4n) is 2.81. The summed E-state index contributed by atoms with van der Waals surface area (Å²) in [5.41, 5.74) is 7.63. The van der Waals surface area contributed by atoms with Crippen LogP contribution in [0.4, 0.5) is 5.82 Å². The van der Waals surface area contributed by atoms with Gasteiger partial charge in [-0.05, 0) is 37.8 Å². The molecule has 1 aliphatic rings. The Morgan fingerprint density at radius 3 is 2.68 bits per heavy atom. The zero-order valence-corrected chi connectivity index (χ0v) is 12.7. The molecule has 104 valence electrons. The van der Waals surface area contributed by atoms with Crippen LogP contribution >= 0.6 is 12.2 Å². The molecule has 0 amide bonds. The molecular formula is C15H23N3S.